The van der Waals surface area contributed by atoms with E-state index in [1.165, 1.54) is 0 Å². The number of rotatable bonds is 3. The van der Waals surface area contributed by atoms with Crippen LogP contribution >= 0.6 is 15.9 Å². The Labute approximate surface area is 85.9 Å². The summed E-state index contributed by atoms with van der Waals surface area (Å²) in [5, 5.41) is 2.96. The number of anilines is 1. The fraction of sp³-hybridized carbons (Fsp3) is 0.500. The summed E-state index contributed by atoms with van der Waals surface area (Å²) in [4.78, 5) is 8.40. The molecule has 0 aliphatic heterocycles. The molecule has 1 aromatic rings. The van der Waals surface area contributed by atoms with E-state index in [4.69, 9.17) is 4.74 Å². The maximum absolute atomic E-state index is 5.11. The fourth-order valence-corrected chi connectivity index (χ4v) is 1.25. The van der Waals surface area contributed by atoms with Gasteiger partial charge in [-0.2, -0.15) is 0 Å². The van der Waals surface area contributed by atoms with Gasteiger partial charge in [-0.15, -0.1) is 0 Å². The van der Waals surface area contributed by atoms with Gasteiger partial charge in [-0.3, -0.25) is 0 Å². The van der Waals surface area contributed by atoms with E-state index in [0.29, 0.717) is 5.82 Å². The smallest absolute Gasteiger partial charge is 0.159 e. The highest BCUT2D eigenvalue weighted by molar-refractivity contribution is 9.10. The second-order valence-electron chi connectivity index (χ2n) is 2.55. The minimum atomic E-state index is -0.0831. The van der Waals surface area contributed by atoms with Crippen molar-refractivity contribution in [2.24, 2.45) is 0 Å². The molecule has 5 heteroatoms. The molecule has 1 aromatic heterocycles. The summed E-state index contributed by atoms with van der Waals surface area (Å²) in [6.45, 7) is 1.91. The van der Waals surface area contributed by atoms with E-state index in [0.717, 1.165) is 10.3 Å². The highest BCUT2D eigenvalue weighted by Crippen LogP contribution is 2.20. The van der Waals surface area contributed by atoms with Crippen molar-refractivity contribution < 1.29 is 4.74 Å². The predicted molar refractivity (Wildman–Crippen MR) is 54.7 cm³/mol. The molecule has 1 atom stereocenters. The van der Waals surface area contributed by atoms with Gasteiger partial charge >= 0.3 is 0 Å². The van der Waals surface area contributed by atoms with E-state index >= 15 is 0 Å². The van der Waals surface area contributed by atoms with Crippen LogP contribution in [0.3, 0.4) is 0 Å². The van der Waals surface area contributed by atoms with Gasteiger partial charge in [0.15, 0.2) is 5.82 Å². The summed E-state index contributed by atoms with van der Waals surface area (Å²) in [6.07, 6.45) is 1.63. The van der Waals surface area contributed by atoms with Crippen LogP contribution in [0.2, 0.25) is 0 Å². The molecule has 72 valence electrons. The van der Waals surface area contributed by atoms with E-state index < -0.39 is 0 Å². The molecule has 0 amide bonds. The Morgan fingerprint density at radius 2 is 2.31 bits per heavy atom. The van der Waals surface area contributed by atoms with Crippen LogP contribution in [0.1, 0.15) is 18.9 Å². The monoisotopic (exact) mass is 245 g/mol. The third-order valence-electron chi connectivity index (χ3n) is 1.72. The van der Waals surface area contributed by atoms with E-state index in [9.17, 15) is 0 Å². The van der Waals surface area contributed by atoms with Gasteiger partial charge < -0.3 is 10.1 Å². The number of nitrogens with zero attached hydrogens (tertiary/aromatic N) is 2. The van der Waals surface area contributed by atoms with E-state index in [1.54, 1.807) is 13.3 Å². The van der Waals surface area contributed by atoms with Crippen LogP contribution in [0, 0.1) is 0 Å². The summed E-state index contributed by atoms with van der Waals surface area (Å²) in [5.41, 5.74) is 0. The highest BCUT2D eigenvalue weighted by Gasteiger charge is 2.09. The predicted octanol–water partition coefficient (Wildman–Crippen LogP) is 1.99. The van der Waals surface area contributed by atoms with Crippen LogP contribution in [0.25, 0.3) is 0 Å². The van der Waals surface area contributed by atoms with Crippen LogP contribution in [0.5, 0.6) is 0 Å². The highest BCUT2D eigenvalue weighted by atomic mass is 79.9. The summed E-state index contributed by atoms with van der Waals surface area (Å²) < 4.78 is 5.96. The topological polar surface area (TPSA) is 47.0 Å². The molecule has 1 rings (SSSR count). The lowest BCUT2D eigenvalue weighted by molar-refractivity contribution is 0.112. The average molecular weight is 246 g/mol. The molecule has 13 heavy (non-hydrogen) atoms. The van der Waals surface area contributed by atoms with Gasteiger partial charge in [0.25, 0.3) is 0 Å². The first kappa shape index (κ1) is 10.4. The number of aromatic nitrogens is 2. The van der Waals surface area contributed by atoms with Crippen molar-refractivity contribution in [1.82, 2.24) is 9.97 Å². The summed E-state index contributed by atoms with van der Waals surface area (Å²) in [5.74, 6) is 1.45. The van der Waals surface area contributed by atoms with Crippen molar-refractivity contribution in [3.05, 3.63) is 16.5 Å². The largest absolute Gasteiger partial charge is 0.374 e. The van der Waals surface area contributed by atoms with Gasteiger partial charge in [0.05, 0.1) is 4.47 Å². The van der Waals surface area contributed by atoms with Crippen LogP contribution in [-0.4, -0.2) is 24.1 Å². The number of nitrogens with one attached hydrogen (secondary N) is 1. The third-order valence-corrected chi connectivity index (χ3v) is 2.30. The third kappa shape index (κ3) is 2.38. The molecule has 0 radical (unpaired) electrons. The number of hydrogen-bond acceptors (Lipinski definition) is 4. The second kappa shape index (κ2) is 4.53. The molecular formula is C8H12BrN3O. The van der Waals surface area contributed by atoms with Crippen molar-refractivity contribution in [3.63, 3.8) is 0 Å². The quantitative estimate of drug-likeness (QED) is 0.885. The normalized spacial score (nSPS) is 12.6. The van der Waals surface area contributed by atoms with Crippen molar-refractivity contribution in [2.45, 2.75) is 13.0 Å². The Balaban J connectivity index is 2.99. The van der Waals surface area contributed by atoms with Crippen LogP contribution in [0.15, 0.2) is 10.7 Å². The van der Waals surface area contributed by atoms with Crippen molar-refractivity contribution in [1.29, 1.82) is 0 Å². The van der Waals surface area contributed by atoms with E-state index in [2.05, 4.69) is 31.2 Å². The Kier molecular flexibility index (Phi) is 3.62. The second-order valence-corrected chi connectivity index (χ2v) is 3.41. The molecule has 1 N–H and O–H groups in total. The van der Waals surface area contributed by atoms with Crippen LogP contribution in [0.4, 0.5) is 5.82 Å². The fourth-order valence-electron chi connectivity index (χ4n) is 0.857. The molecule has 0 aliphatic rings. The molecule has 0 spiro atoms. The maximum atomic E-state index is 5.11. The van der Waals surface area contributed by atoms with Crippen LogP contribution in [-0.2, 0) is 4.74 Å². The summed E-state index contributed by atoms with van der Waals surface area (Å²) in [7, 11) is 3.45. The van der Waals surface area contributed by atoms with Gasteiger partial charge in [-0.05, 0) is 22.9 Å². The zero-order chi connectivity index (χ0) is 9.84. The Bertz CT molecular complexity index is 293. The SMILES string of the molecule is CNc1nc(C(C)OC)ncc1Br. The Morgan fingerprint density at radius 3 is 2.85 bits per heavy atom. The number of methoxy groups -OCH3 is 1. The summed E-state index contributed by atoms with van der Waals surface area (Å²) >= 11 is 3.33. The first-order chi connectivity index (χ1) is 6.19. The lowest BCUT2D eigenvalue weighted by Crippen LogP contribution is -2.05. The minimum absolute atomic E-state index is 0.0831. The first-order valence-electron chi connectivity index (χ1n) is 3.92. The molecular weight excluding hydrogens is 234 g/mol. The van der Waals surface area contributed by atoms with Gasteiger partial charge in [-0.1, -0.05) is 0 Å². The zero-order valence-corrected chi connectivity index (χ0v) is 9.42. The molecule has 0 aliphatic carbocycles. The van der Waals surface area contributed by atoms with Gasteiger partial charge in [0, 0.05) is 20.4 Å². The van der Waals surface area contributed by atoms with Crippen molar-refractivity contribution in [3.8, 4) is 0 Å². The molecule has 1 heterocycles. The molecule has 0 saturated heterocycles. The van der Waals surface area contributed by atoms with Gasteiger partial charge in [0.2, 0.25) is 0 Å². The Morgan fingerprint density at radius 1 is 1.62 bits per heavy atom. The maximum Gasteiger partial charge on any atom is 0.159 e. The van der Waals surface area contributed by atoms with E-state index in [-0.39, 0.29) is 6.10 Å². The standard InChI is InChI=1S/C8H12BrN3O/c1-5(13-3)7-11-4-6(9)8(10-2)12-7/h4-5H,1-3H3,(H,10,11,12). The van der Waals surface area contributed by atoms with Gasteiger partial charge in [0.1, 0.15) is 11.9 Å². The molecule has 1 unspecified atom stereocenters. The Hall–Kier alpha value is -0.680. The van der Waals surface area contributed by atoms with Gasteiger partial charge in [-0.25, -0.2) is 9.97 Å². The lowest BCUT2D eigenvalue weighted by Gasteiger charge is -2.09. The minimum Gasteiger partial charge on any atom is -0.374 e. The molecule has 0 saturated carbocycles. The summed E-state index contributed by atoms with van der Waals surface area (Å²) in [6, 6.07) is 0. The molecule has 0 bridgehead atoms. The van der Waals surface area contributed by atoms with E-state index in [1.807, 2.05) is 14.0 Å². The zero-order valence-electron chi connectivity index (χ0n) is 7.84. The van der Waals surface area contributed by atoms with Crippen LogP contribution < -0.4 is 5.32 Å². The number of ether oxygens (including phenoxy) is 1. The molecule has 0 aromatic carbocycles. The van der Waals surface area contributed by atoms with Crippen molar-refractivity contribution in [2.75, 3.05) is 19.5 Å². The van der Waals surface area contributed by atoms with Crippen molar-refractivity contribution >= 4 is 21.7 Å². The molecule has 4 nitrogen and oxygen atoms in total. The number of hydrogen-bond donors (Lipinski definition) is 1. The number of halogens is 1. The lowest BCUT2D eigenvalue weighted by atomic mass is 10.4. The average Bonchev–Trinajstić information content (AvgIpc) is 2.17. The molecule has 0 fully saturated rings. The first-order valence-corrected chi connectivity index (χ1v) is 4.71.